The van der Waals surface area contributed by atoms with Crippen LogP contribution in [0.15, 0.2) is 102 Å². The Labute approximate surface area is 285 Å². The molecule has 2 amide bonds. The van der Waals surface area contributed by atoms with E-state index < -0.39 is 61.3 Å². The summed E-state index contributed by atoms with van der Waals surface area (Å²) in [7, 11) is -3.18. The van der Waals surface area contributed by atoms with Crippen molar-refractivity contribution in [3.8, 4) is 5.75 Å². The van der Waals surface area contributed by atoms with Gasteiger partial charge in [-0.05, 0) is 69.7 Å². The number of benzene rings is 4. The SMILES string of the molecule is COc1ccc(N(CC(=O)N(Cc2ccccc2F)C(Cc2ccccc2)C(=O)NC(C)(C)C)S(=O)(=O)c2ccc(C)c([N+](=O)[O-])c2)cc1. The summed E-state index contributed by atoms with van der Waals surface area (Å²) in [5, 5.41) is 14.6. The first-order valence-electron chi connectivity index (χ1n) is 15.4. The van der Waals surface area contributed by atoms with Gasteiger partial charge in [0.05, 0.1) is 22.6 Å². The number of amides is 2. The van der Waals surface area contributed by atoms with Crippen LogP contribution in [0.2, 0.25) is 0 Å². The molecule has 0 fully saturated rings. The highest BCUT2D eigenvalue weighted by Crippen LogP contribution is 2.30. The molecule has 0 aliphatic rings. The molecule has 0 aromatic heterocycles. The van der Waals surface area contributed by atoms with E-state index in [-0.39, 0.29) is 29.8 Å². The zero-order valence-corrected chi connectivity index (χ0v) is 28.7. The maximum absolute atomic E-state index is 15.1. The lowest BCUT2D eigenvalue weighted by Gasteiger charge is -2.35. The summed E-state index contributed by atoms with van der Waals surface area (Å²) in [5.74, 6) is -1.52. The van der Waals surface area contributed by atoms with Crippen molar-refractivity contribution >= 4 is 33.2 Å². The van der Waals surface area contributed by atoms with Crippen molar-refractivity contribution in [2.45, 2.75) is 57.1 Å². The minimum atomic E-state index is -4.62. The molecule has 258 valence electrons. The lowest BCUT2D eigenvalue weighted by molar-refractivity contribution is -0.385. The van der Waals surface area contributed by atoms with Crippen LogP contribution in [0.1, 0.15) is 37.5 Å². The van der Waals surface area contributed by atoms with Gasteiger partial charge in [0.15, 0.2) is 0 Å². The number of sulfonamides is 1. The van der Waals surface area contributed by atoms with Crippen molar-refractivity contribution in [2.75, 3.05) is 18.0 Å². The third-order valence-corrected chi connectivity index (χ3v) is 9.44. The van der Waals surface area contributed by atoms with Gasteiger partial charge < -0.3 is 15.0 Å². The third kappa shape index (κ3) is 9.20. The van der Waals surface area contributed by atoms with Crippen molar-refractivity contribution in [1.29, 1.82) is 0 Å². The van der Waals surface area contributed by atoms with Crippen molar-refractivity contribution in [3.05, 3.63) is 130 Å². The molecule has 0 heterocycles. The smallest absolute Gasteiger partial charge is 0.273 e. The number of methoxy groups -OCH3 is 1. The van der Waals surface area contributed by atoms with Crippen LogP contribution in [0, 0.1) is 22.9 Å². The second-order valence-corrected chi connectivity index (χ2v) is 14.3. The van der Waals surface area contributed by atoms with Crippen molar-refractivity contribution < 1.29 is 32.1 Å². The van der Waals surface area contributed by atoms with E-state index in [9.17, 15) is 28.1 Å². The molecule has 1 unspecified atom stereocenters. The van der Waals surface area contributed by atoms with Gasteiger partial charge in [-0.15, -0.1) is 0 Å². The number of nitrogens with one attached hydrogen (secondary N) is 1. The number of nitro benzene ring substituents is 1. The van der Waals surface area contributed by atoms with Crippen LogP contribution in [0.25, 0.3) is 0 Å². The number of anilines is 1. The molecule has 4 aromatic carbocycles. The zero-order valence-electron chi connectivity index (χ0n) is 27.9. The summed E-state index contributed by atoms with van der Waals surface area (Å²) in [6.07, 6.45) is 0.0440. The standard InChI is InChI=1S/C36H39FN4O7S/c1-25-15-20-30(22-32(25)41(44)45)49(46,47)40(28-16-18-29(48-5)19-17-28)24-34(42)39(23-27-13-9-10-14-31(27)37)33(35(43)38-36(2,3)4)21-26-11-7-6-8-12-26/h6-20,22,33H,21,23-24H2,1-5H3,(H,38,43). The number of hydrogen-bond acceptors (Lipinski definition) is 7. The Morgan fingerprint density at radius 1 is 0.959 bits per heavy atom. The van der Waals surface area contributed by atoms with Gasteiger partial charge in [-0.25, -0.2) is 12.8 Å². The fourth-order valence-electron chi connectivity index (χ4n) is 5.17. The number of hydrogen-bond donors (Lipinski definition) is 1. The van der Waals surface area contributed by atoms with E-state index in [1.165, 1.54) is 73.5 Å². The molecule has 0 radical (unpaired) electrons. The predicted octanol–water partition coefficient (Wildman–Crippen LogP) is 5.80. The third-order valence-electron chi connectivity index (χ3n) is 7.67. The zero-order chi connectivity index (χ0) is 35.9. The summed E-state index contributed by atoms with van der Waals surface area (Å²) >= 11 is 0. The van der Waals surface area contributed by atoms with Gasteiger partial charge in [0.2, 0.25) is 11.8 Å². The number of halogens is 1. The fraction of sp³-hybridized carbons (Fsp3) is 0.278. The summed E-state index contributed by atoms with van der Waals surface area (Å²) in [5.41, 5.74) is 0.0323. The first kappa shape index (κ1) is 36.5. The fourth-order valence-corrected chi connectivity index (χ4v) is 6.60. The number of rotatable bonds is 13. The summed E-state index contributed by atoms with van der Waals surface area (Å²) in [6, 6.07) is 23.0. The lowest BCUT2D eigenvalue weighted by atomic mass is 10.0. The Balaban J connectivity index is 1.86. The highest BCUT2D eigenvalue weighted by atomic mass is 32.2. The molecule has 0 aliphatic heterocycles. The maximum atomic E-state index is 15.1. The van der Waals surface area contributed by atoms with Gasteiger partial charge in [-0.1, -0.05) is 54.6 Å². The minimum Gasteiger partial charge on any atom is -0.497 e. The first-order valence-corrected chi connectivity index (χ1v) is 16.9. The van der Waals surface area contributed by atoms with Crippen LogP contribution in [0.5, 0.6) is 5.75 Å². The molecule has 4 rings (SSSR count). The van der Waals surface area contributed by atoms with E-state index >= 15 is 4.39 Å². The second kappa shape index (κ2) is 15.3. The van der Waals surface area contributed by atoms with Crippen molar-refractivity contribution in [1.82, 2.24) is 10.2 Å². The van der Waals surface area contributed by atoms with Crippen LogP contribution >= 0.6 is 0 Å². The van der Waals surface area contributed by atoms with Crippen molar-refractivity contribution in [2.24, 2.45) is 0 Å². The number of nitrogens with zero attached hydrogens (tertiary/aromatic N) is 3. The van der Waals surface area contributed by atoms with E-state index in [0.717, 1.165) is 15.9 Å². The average molecular weight is 691 g/mol. The average Bonchev–Trinajstić information content (AvgIpc) is 3.05. The molecule has 11 nitrogen and oxygen atoms in total. The Morgan fingerprint density at radius 2 is 1.59 bits per heavy atom. The number of aryl methyl sites for hydroxylation is 1. The van der Waals surface area contributed by atoms with E-state index in [1.807, 2.05) is 6.07 Å². The van der Waals surface area contributed by atoms with Gasteiger partial charge in [-0.2, -0.15) is 0 Å². The van der Waals surface area contributed by atoms with Gasteiger partial charge in [-0.3, -0.25) is 24.0 Å². The molecule has 1 atom stereocenters. The Kier molecular flexibility index (Phi) is 11.4. The summed E-state index contributed by atoms with van der Waals surface area (Å²) < 4.78 is 49.7. The molecule has 0 aliphatic carbocycles. The van der Waals surface area contributed by atoms with Crippen LogP contribution in [0.4, 0.5) is 15.8 Å². The van der Waals surface area contributed by atoms with E-state index in [0.29, 0.717) is 5.75 Å². The number of carbonyl (C=O) groups excluding carboxylic acids is 2. The largest absolute Gasteiger partial charge is 0.497 e. The summed E-state index contributed by atoms with van der Waals surface area (Å²) in [6.45, 7) is 5.66. The lowest BCUT2D eigenvalue weighted by Crippen LogP contribution is -2.56. The number of ether oxygens (including phenoxy) is 1. The highest BCUT2D eigenvalue weighted by molar-refractivity contribution is 7.92. The maximum Gasteiger partial charge on any atom is 0.273 e. The molecular weight excluding hydrogens is 651 g/mol. The Bertz CT molecular complexity index is 1910. The van der Waals surface area contributed by atoms with Gasteiger partial charge in [0.25, 0.3) is 15.7 Å². The van der Waals surface area contributed by atoms with Crippen LogP contribution in [-0.4, -0.2) is 55.3 Å². The molecule has 0 saturated heterocycles. The van der Waals surface area contributed by atoms with E-state index in [4.69, 9.17) is 4.74 Å². The summed E-state index contributed by atoms with van der Waals surface area (Å²) in [4.78, 5) is 40.3. The Morgan fingerprint density at radius 3 is 2.18 bits per heavy atom. The monoisotopic (exact) mass is 690 g/mol. The molecule has 0 bridgehead atoms. The predicted molar refractivity (Wildman–Crippen MR) is 184 cm³/mol. The van der Waals surface area contributed by atoms with Gasteiger partial charge >= 0.3 is 0 Å². The topological polar surface area (TPSA) is 139 Å². The first-order chi connectivity index (χ1) is 23.1. The molecule has 49 heavy (non-hydrogen) atoms. The number of nitro groups is 1. The number of carbonyl (C=O) groups is 2. The van der Waals surface area contributed by atoms with Gasteiger partial charge in [0.1, 0.15) is 24.2 Å². The van der Waals surface area contributed by atoms with Crippen LogP contribution < -0.4 is 14.4 Å². The molecule has 13 heteroatoms. The van der Waals surface area contributed by atoms with Crippen molar-refractivity contribution in [3.63, 3.8) is 0 Å². The van der Waals surface area contributed by atoms with Gasteiger partial charge in [0, 0.05) is 35.7 Å². The van der Waals surface area contributed by atoms with Crippen LogP contribution in [-0.2, 0) is 32.6 Å². The molecular formula is C36H39FN4O7S. The molecule has 0 spiro atoms. The molecule has 1 N–H and O–H groups in total. The van der Waals surface area contributed by atoms with E-state index in [1.54, 1.807) is 51.1 Å². The minimum absolute atomic E-state index is 0.0440. The second-order valence-electron chi connectivity index (χ2n) is 12.5. The molecule has 0 saturated carbocycles. The van der Waals surface area contributed by atoms with E-state index in [2.05, 4.69) is 5.32 Å². The normalized spacial score (nSPS) is 12.1. The molecule has 4 aromatic rings. The quantitative estimate of drug-likeness (QED) is 0.138. The van der Waals surface area contributed by atoms with Crippen LogP contribution in [0.3, 0.4) is 0 Å². The Hall–Kier alpha value is -5.30. The highest BCUT2D eigenvalue weighted by Gasteiger charge is 2.36.